The van der Waals surface area contributed by atoms with Crippen molar-refractivity contribution >= 4 is 10.0 Å². The van der Waals surface area contributed by atoms with E-state index in [0.717, 1.165) is 12.8 Å². The van der Waals surface area contributed by atoms with Crippen LogP contribution in [-0.4, -0.2) is 14.5 Å². The molecular weight excluding hydrogens is 260 g/mol. The fourth-order valence-corrected chi connectivity index (χ4v) is 3.90. The lowest BCUT2D eigenvalue weighted by atomic mass is 9.96. The molecule has 1 atom stereocenters. The molecule has 4 nitrogen and oxygen atoms in total. The standard InChI is InChI=1S/C14H24N2O2S/c1-4-12(5-2)11(3)16-19(17,18)14-9-7-6-8-13(14)10-15/h6-9,11-12,16H,4-5,10,15H2,1-3H3. The molecule has 108 valence electrons. The van der Waals surface area contributed by atoms with Gasteiger partial charge in [0.25, 0.3) is 0 Å². The minimum atomic E-state index is -3.50. The zero-order valence-corrected chi connectivity index (χ0v) is 12.7. The Kier molecular flexibility index (Phi) is 5.97. The Morgan fingerprint density at radius 2 is 1.79 bits per heavy atom. The minimum Gasteiger partial charge on any atom is -0.326 e. The van der Waals surface area contributed by atoms with Crippen LogP contribution in [0, 0.1) is 5.92 Å². The Labute approximate surface area is 116 Å². The summed E-state index contributed by atoms with van der Waals surface area (Å²) >= 11 is 0. The van der Waals surface area contributed by atoms with E-state index in [1.54, 1.807) is 24.3 Å². The number of hydrogen-bond donors (Lipinski definition) is 2. The van der Waals surface area contributed by atoms with Gasteiger partial charge in [-0.25, -0.2) is 13.1 Å². The van der Waals surface area contributed by atoms with Crippen LogP contribution in [0.15, 0.2) is 29.2 Å². The second kappa shape index (κ2) is 7.03. The van der Waals surface area contributed by atoms with Gasteiger partial charge in [0.1, 0.15) is 0 Å². The van der Waals surface area contributed by atoms with Crippen molar-refractivity contribution in [3.63, 3.8) is 0 Å². The molecule has 0 bridgehead atoms. The molecule has 1 aromatic rings. The first-order valence-electron chi connectivity index (χ1n) is 6.76. The molecule has 19 heavy (non-hydrogen) atoms. The molecule has 0 aliphatic heterocycles. The summed E-state index contributed by atoms with van der Waals surface area (Å²) in [7, 11) is -3.50. The quantitative estimate of drug-likeness (QED) is 0.806. The number of nitrogens with one attached hydrogen (secondary N) is 1. The fourth-order valence-electron chi connectivity index (χ4n) is 2.33. The molecule has 0 aliphatic rings. The average molecular weight is 284 g/mol. The van der Waals surface area contributed by atoms with Gasteiger partial charge in [-0.05, 0) is 24.5 Å². The lowest BCUT2D eigenvalue weighted by Gasteiger charge is -2.23. The van der Waals surface area contributed by atoms with E-state index in [4.69, 9.17) is 5.73 Å². The van der Waals surface area contributed by atoms with Crippen LogP contribution in [0.5, 0.6) is 0 Å². The Morgan fingerprint density at radius 1 is 1.21 bits per heavy atom. The van der Waals surface area contributed by atoms with Gasteiger partial charge in [-0.15, -0.1) is 0 Å². The predicted molar refractivity (Wildman–Crippen MR) is 78.2 cm³/mol. The molecule has 1 aromatic carbocycles. The predicted octanol–water partition coefficient (Wildman–Crippen LogP) is 2.25. The van der Waals surface area contributed by atoms with E-state index >= 15 is 0 Å². The number of nitrogens with two attached hydrogens (primary N) is 1. The molecule has 0 aliphatic carbocycles. The average Bonchev–Trinajstić information content (AvgIpc) is 2.39. The van der Waals surface area contributed by atoms with Crippen LogP contribution in [0.1, 0.15) is 39.2 Å². The lowest BCUT2D eigenvalue weighted by Crippen LogP contribution is -2.38. The van der Waals surface area contributed by atoms with Crippen molar-refractivity contribution in [3.8, 4) is 0 Å². The van der Waals surface area contributed by atoms with E-state index in [9.17, 15) is 8.42 Å². The van der Waals surface area contributed by atoms with E-state index < -0.39 is 10.0 Å². The summed E-state index contributed by atoms with van der Waals surface area (Å²) in [6.07, 6.45) is 1.91. The highest BCUT2D eigenvalue weighted by atomic mass is 32.2. The highest BCUT2D eigenvalue weighted by Gasteiger charge is 2.23. The maximum absolute atomic E-state index is 12.4. The van der Waals surface area contributed by atoms with Gasteiger partial charge in [-0.3, -0.25) is 0 Å². The Hall–Kier alpha value is -0.910. The van der Waals surface area contributed by atoms with E-state index in [-0.39, 0.29) is 17.5 Å². The lowest BCUT2D eigenvalue weighted by molar-refractivity contribution is 0.390. The van der Waals surface area contributed by atoms with Gasteiger partial charge in [0.05, 0.1) is 4.90 Å². The first-order chi connectivity index (χ1) is 8.96. The molecule has 0 saturated heterocycles. The minimum absolute atomic E-state index is 0.0779. The van der Waals surface area contributed by atoms with Crippen LogP contribution in [0.4, 0.5) is 0 Å². The molecule has 0 spiro atoms. The van der Waals surface area contributed by atoms with Gasteiger partial charge in [-0.1, -0.05) is 44.9 Å². The molecule has 0 amide bonds. The zero-order valence-electron chi connectivity index (χ0n) is 11.9. The summed E-state index contributed by atoms with van der Waals surface area (Å²) in [6.45, 7) is 6.29. The van der Waals surface area contributed by atoms with Crippen LogP contribution < -0.4 is 10.5 Å². The number of sulfonamides is 1. The first-order valence-corrected chi connectivity index (χ1v) is 8.24. The van der Waals surface area contributed by atoms with E-state index in [2.05, 4.69) is 18.6 Å². The molecular formula is C14H24N2O2S. The number of benzene rings is 1. The van der Waals surface area contributed by atoms with Gasteiger partial charge in [-0.2, -0.15) is 0 Å². The van der Waals surface area contributed by atoms with E-state index in [1.165, 1.54) is 0 Å². The SMILES string of the molecule is CCC(CC)C(C)NS(=O)(=O)c1ccccc1CN. The first kappa shape index (κ1) is 16.1. The molecule has 1 unspecified atom stereocenters. The second-order valence-corrected chi connectivity index (χ2v) is 6.48. The van der Waals surface area contributed by atoms with Crippen LogP contribution in [-0.2, 0) is 16.6 Å². The highest BCUT2D eigenvalue weighted by Crippen LogP contribution is 2.18. The molecule has 0 fully saturated rings. The van der Waals surface area contributed by atoms with Crippen molar-refractivity contribution in [1.29, 1.82) is 0 Å². The van der Waals surface area contributed by atoms with Gasteiger partial charge >= 0.3 is 0 Å². The highest BCUT2D eigenvalue weighted by molar-refractivity contribution is 7.89. The topological polar surface area (TPSA) is 72.2 Å². The van der Waals surface area contributed by atoms with Crippen LogP contribution >= 0.6 is 0 Å². The summed E-state index contributed by atoms with van der Waals surface area (Å²) < 4.78 is 27.5. The van der Waals surface area contributed by atoms with Gasteiger partial charge in [0.2, 0.25) is 10.0 Å². The second-order valence-electron chi connectivity index (χ2n) is 4.80. The van der Waals surface area contributed by atoms with Crippen molar-refractivity contribution in [3.05, 3.63) is 29.8 Å². The Bertz CT molecular complexity index is 496. The van der Waals surface area contributed by atoms with Gasteiger partial charge < -0.3 is 5.73 Å². The summed E-state index contributed by atoms with van der Waals surface area (Å²) in [5, 5.41) is 0. The molecule has 1 rings (SSSR count). The van der Waals surface area contributed by atoms with Crippen molar-refractivity contribution in [2.24, 2.45) is 11.7 Å². The molecule has 5 heteroatoms. The third-order valence-electron chi connectivity index (χ3n) is 3.58. The van der Waals surface area contributed by atoms with Crippen LogP contribution in [0.25, 0.3) is 0 Å². The van der Waals surface area contributed by atoms with Crippen molar-refractivity contribution in [1.82, 2.24) is 4.72 Å². The van der Waals surface area contributed by atoms with Crippen LogP contribution in [0.2, 0.25) is 0 Å². The monoisotopic (exact) mass is 284 g/mol. The number of rotatable bonds is 7. The third kappa shape index (κ3) is 4.03. The van der Waals surface area contributed by atoms with Gasteiger partial charge in [0.15, 0.2) is 0 Å². The molecule has 0 heterocycles. The van der Waals surface area contributed by atoms with Gasteiger partial charge in [0, 0.05) is 12.6 Å². The van der Waals surface area contributed by atoms with Crippen molar-refractivity contribution in [2.45, 2.75) is 51.1 Å². The van der Waals surface area contributed by atoms with Crippen LogP contribution in [0.3, 0.4) is 0 Å². The molecule has 0 aromatic heterocycles. The summed E-state index contributed by atoms with van der Waals surface area (Å²) in [5.41, 5.74) is 6.24. The normalized spacial score (nSPS) is 13.7. The maximum atomic E-state index is 12.4. The third-order valence-corrected chi connectivity index (χ3v) is 5.24. The van der Waals surface area contributed by atoms with E-state index in [1.807, 2.05) is 6.92 Å². The zero-order chi connectivity index (χ0) is 14.5. The molecule has 0 radical (unpaired) electrons. The Morgan fingerprint density at radius 3 is 2.32 bits per heavy atom. The summed E-state index contributed by atoms with van der Waals surface area (Å²) in [4.78, 5) is 0.287. The molecule has 0 saturated carbocycles. The van der Waals surface area contributed by atoms with E-state index in [0.29, 0.717) is 11.5 Å². The summed E-state index contributed by atoms with van der Waals surface area (Å²) in [6, 6.07) is 6.78. The summed E-state index contributed by atoms with van der Waals surface area (Å²) in [5.74, 6) is 0.347. The fraction of sp³-hybridized carbons (Fsp3) is 0.571. The number of hydrogen-bond acceptors (Lipinski definition) is 3. The molecule has 3 N–H and O–H groups in total. The smallest absolute Gasteiger partial charge is 0.241 e. The largest absolute Gasteiger partial charge is 0.326 e. The maximum Gasteiger partial charge on any atom is 0.241 e. The van der Waals surface area contributed by atoms with Crippen molar-refractivity contribution in [2.75, 3.05) is 0 Å². The Balaban J connectivity index is 2.98. The van der Waals surface area contributed by atoms with Crippen molar-refractivity contribution < 1.29 is 8.42 Å².